The lowest BCUT2D eigenvalue weighted by Crippen LogP contribution is -2.24. The smallest absolute Gasteiger partial charge is 0.330 e. The topological polar surface area (TPSA) is 119 Å². The van der Waals surface area contributed by atoms with E-state index >= 15 is 0 Å². The molecule has 1 saturated carbocycles. The van der Waals surface area contributed by atoms with Crippen molar-refractivity contribution in [1.29, 1.82) is 0 Å². The number of hydrogen-bond donors (Lipinski definition) is 0. The predicted molar refractivity (Wildman–Crippen MR) is 258 cm³/mol. The molecule has 0 aliphatic heterocycles. The molecule has 10 nitrogen and oxygen atoms in total. The van der Waals surface area contributed by atoms with Gasteiger partial charge in [0.1, 0.15) is 23.6 Å². The van der Waals surface area contributed by atoms with Crippen LogP contribution in [0.25, 0.3) is 10.9 Å². The second-order valence-electron chi connectivity index (χ2n) is 17.0. The Bertz CT molecular complexity index is 1890. The quantitative estimate of drug-likeness (QED) is 0.0197. The molecule has 3 aromatic rings. The third-order valence-corrected chi connectivity index (χ3v) is 11.8. The summed E-state index contributed by atoms with van der Waals surface area (Å²) in [4.78, 5) is 40.1. The highest BCUT2D eigenvalue weighted by molar-refractivity contribution is 5.92. The van der Waals surface area contributed by atoms with Crippen molar-refractivity contribution in [2.75, 3.05) is 33.0 Å². The molecule has 1 fully saturated rings. The van der Waals surface area contributed by atoms with Gasteiger partial charge in [0.15, 0.2) is 5.75 Å². The molecule has 1 aliphatic rings. The van der Waals surface area contributed by atoms with Crippen LogP contribution in [0, 0.1) is 17.8 Å². The van der Waals surface area contributed by atoms with Gasteiger partial charge in [0, 0.05) is 35.9 Å². The number of pyridine rings is 1. The molecule has 1 aromatic heterocycles. The molecule has 0 atom stereocenters. The summed E-state index contributed by atoms with van der Waals surface area (Å²) in [5.74, 6) is 7.19. The summed E-state index contributed by atoms with van der Waals surface area (Å²) in [7, 11) is 0. The first-order valence-corrected chi connectivity index (χ1v) is 24.6. The number of aromatic nitrogens is 1. The van der Waals surface area contributed by atoms with Crippen molar-refractivity contribution >= 4 is 28.8 Å². The summed E-state index contributed by atoms with van der Waals surface area (Å²) in [6.45, 7) is 9.49. The number of rotatable bonds is 32. The zero-order chi connectivity index (χ0) is 46.0. The van der Waals surface area contributed by atoms with E-state index in [4.69, 9.17) is 28.4 Å². The molecular formula is C55H75NO9. The summed E-state index contributed by atoms with van der Waals surface area (Å²) in [6, 6.07) is 15.2. The number of unbranched alkanes of at least 4 members (excludes halogenated alkanes) is 16. The van der Waals surface area contributed by atoms with Gasteiger partial charge in [0.2, 0.25) is 0 Å². The lowest BCUT2D eigenvalue weighted by Gasteiger charge is -2.24. The largest absolute Gasteiger partial charge is 0.494 e. The summed E-state index contributed by atoms with van der Waals surface area (Å²) in [5, 5.41) is 0.772. The van der Waals surface area contributed by atoms with E-state index in [0.29, 0.717) is 36.8 Å². The first-order chi connectivity index (χ1) is 32.0. The third kappa shape index (κ3) is 22.6. The van der Waals surface area contributed by atoms with Gasteiger partial charge in [-0.05, 0) is 99.9 Å². The van der Waals surface area contributed by atoms with Gasteiger partial charge in [-0.3, -0.25) is 9.78 Å². The normalized spacial score (nSPS) is 14.8. The first-order valence-electron chi connectivity index (χ1n) is 24.6. The highest BCUT2D eigenvalue weighted by Gasteiger charge is 2.25. The zero-order valence-corrected chi connectivity index (χ0v) is 39.0. The molecule has 1 heterocycles. The van der Waals surface area contributed by atoms with Crippen molar-refractivity contribution in [2.24, 2.45) is 5.92 Å². The Hall–Kier alpha value is -5.14. The number of esters is 3. The summed E-state index contributed by atoms with van der Waals surface area (Å²) < 4.78 is 34.4. The molecule has 0 amide bonds. The molecule has 0 N–H and O–H groups in total. The van der Waals surface area contributed by atoms with E-state index in [1.54, 1.807) is 12.3 Å². The molecule has 354 valence electrons. The van der Waals surface area contributed by atoms with Crippen LogP contribution in [-0.4, -0.2) is 62.0 Å². The van der Waals surface area contributed by atoms with Gasteiger partial charge in [-0.25, -0.2) is 9.59 Å². The minimum Gasteiger partial charge on any atom is -0.494 e. The van der Waals surface area contributed by atoms with Gasteiger partial charge in [-0.1, -0.05) is 128 Å². The average Bonchev–Trinajstić information content (AvgIpc) is 3.32. The van der Waals surface area contributed by atoms with Gasteiger partial charge < -0.3 is 28.4 Å². The lowest BCUT2D eigenvalue weighted by atomic mass is 9.90. The number of nitrogens with zero attached hydrogens (tertiary/aromatic N) is 1. The van der Waals surface area contributed by atoms with Gasteiger partial charge in [-0.2, -0.15) is 0 Å². The second-order valence-corrected chi connectivity index (χ2v) is 17.0. The Labute approximate surface area is 389 Å². The minimum absolute atomic E-state index is 0.145. The molecule has 10 heteroatoms. The van der Waals surface area contributed by atoms with Gasteiger partial charge in [0.25, 0.3) is 0 Å². The molecule has 1 aliphatic carbocycles. The van der Waals surface area contributed by atoms with Crippen LogP contribution in [0.15, 0.2) is 80.0 Å². The second kappa shape index (κ2) is 33.4. The van der Waals surface area contributed by atoms with E-state index in [2.05, 4.69) is 30.0 Å². The maximum Gasteiger partial charge on any atom is 0.330 e. The van der Waals surface area contributed by atoms with E-state index in [0.717, 1.165) is 107 Å². The molecule has 0 bridgehead atoms. The number of hydrogen-bond acceptors (Lipinski definition) is 10. The molecule has 65 heavy (non-hydrogen) atoms. The Morgan fingerprint density at radius 2 is 1.12 bits per heavy atom. The predicted octanol–water partition coefficient (Wildman–Crippen LogP) is 12.8. The van der Waals surface area contributed by atoms with E-state index in [1.807, 2.05) is 42.5 Å². The Balaban J connectivity index is 1.05. The number of benzene rings is 2. The molecular weight excluding hydrogens is 819 g/mol. The van der Waals surface area contributed by atoms with Crippen LogP contribution in [0.5, 0.6) is 17.2 Å². The van der Waals surface area contributed by atoms with E-state index in [9.17, 15) is 14.4 Å². The van der Waals surface area contributed by atoms with Crippen LogP contribution < -0.4 is 14.2 Å². The number of carbonyl (C=O) groups is 3. The van der Waals surface area contributed by atoms with Crippen LogP contribution in [0.3, 0.4) is 0 Å². The Morgan fingerprint density at radius 1 is 0.600 bits per heavy atom. The number of ether oxygens (including phenoxy) is 6. The number of fused-ring (bicyclic) bond motifs is 1. The molecule has 0 radical (unpaired) electrons. The Kier molecular flexibility index (Phi) is 26.9. The minimum atomic E-state index is -0.341. The fourth-order valence-corrected chi connectivity index (χ4v) is 8.07. The van der Waals surface area contributed by atoms with Crippen molar-refractivity contribution in [3.63, 3.8) is 0 Å². The fraction of sp³-hybridized carbons (Fsp3) is 0.564. The third-order valence-electron chi connectivity index (χ3n) is 11.8. The van der Waals surface area contributed by atoms with Crippen molar-refractivity contribution in [3.8, 4) is 29.1 Å². The van der Waals surface area contributed by atoms with Gasteiger partial charge in [-0.15, -0.1) is 0 Å². The highest BCUT2D eigenvalue weighted by atomic mass is 16.5. The summed E-state index contributed by atoms with van der Waals surface area (Å²) >= 11 is 0. The van der Waals surface area contributed by atoms with E-state index in [-0.39, 0.29) is 36.5 Å². The van der Waals surface area contributed by atoms with Gasteiger partial charge >= 0.3 is 17.9 Å². The average molecular weight is 894 g/mol. The monoisotopic (exact) mass is 894 g/mol. The van der Waals surface area contributed by atoms with Crippen LogP contribution in [0.1, 0.15) is 160 Å². The van der Waals surface area contributed by atoms with Crippen molar-refractivity contribution < 1.29 is 42.8 Å². The fourth-order valence-electron chi connectivity index (χ4n) is 8.07. The number of carbonyl (C=O) groups excluding carboxylic acids is 3. The van der Waals surface area contributed by atoms with Crippen molar-refractivity contribution in [1.82, 2.24) is 4.98 Å². The Morgan fingerprint density at radius 3 is 1.69 bits per heavy atom. The summed E-state index contributed by atoms with van der Waals surface area (Å²) in [6.07, 6.45) is 30.6. The van der Waals surface area contributed by atoms with Crippen LogP contribution in [-0.2, 0) is 28.6 Å². The highest BCUT2D eigenvalue weighted by Crippen LogP contribution is 2.33. The summed E-state index contributed by atoms with van der Waals surface area (Å²) in [5.41, 5.74) is 1.48. The maximum atomic E-state index is 13.4. The first kappa shape index (κ1) is 52.5. The maximum absolute atomic E-state index is 13.4. The van der Waals surface area contributed by atoms with E-state index < -0.39 is 0 Å². The molecule has 2 aromatic carbocycles. The van der Waals surface area contributed by atoms with Crippen LogP contribution in [0.4, 0.5) is 0 Å². The van der Waals surface area contributed by atoms with Crippen molar-refractivity contribution in [2.45, 2.75) is 160 Å². The molecule has 0 spiro atoms. The SMILES string of the molecule is C=CC(=O)OCCCCCCCCCCCOc1ccc(C#CCOc2ccc(OC(=O)C3CCCC(OCCCCCCCCCCCOC(=O)C=C)CCC3)c3ncccc23)cc1. The zero-order valence-electron chi connectivity index (χ0n) is 39.0. The van der Waals surface area contributed by atoms with Gasteiger partial charge in [0.05, 0.1) is 31.8 Å². The van der Waals surface area contributed by atoms with E-state index in [1.165, 1.54) is 82.8 Å². The molecule has 4 rings (SSSR count). The standard InChI is InChI=1S/C55H75NO9/c1-3-52(57)63-42-21-17-13-9-5-7-11-15-19-40-60-47-30-23-28-46(29-24-31-47)55(59)65-51-38-37-50(49-32-25-39-56-54(49)51)62-44-26-27-45-33-35-48(36-34-45)61-41-20-16-12-8-6-10-14-18-22-43-64-53(58)4-2/h3-4,25,32-39,46-47H,1-2,5-24,28-31,40-44H2. The van der Waals surface area contributed by atoms with Crippen LogP contribution >= 0.6 is 0 Å². The molecule has 0 unspecified atom stereocenters. The molecule has 0 saturated heterocycles. The van der Waals surface area contributed by atoms with Crippen molar-refractivity contribution in [3.05, 3.63) is 85.6 Å². The lowest BCUT2D eigenvalue weighted by molar-refractivity contribution is -0.140. The van der Waals surface area contributed by atoms with Crippen LogP contribution in [0.2, 0.25) is 0 Å².